The number of benzene rings is 1. The lowest BCUT2D eigenvalue weighted by Crippen LogP contribution is -1.82. The molecule has 1 rings (SSSR count). The number of diazo groups is 1. The van der Waals surface area contributed by atoms with Crippen molar-refractivity contribution in [2.45, 2.75) is 50.3 Å². The van der Waals surface area contributed by atoms with E-state index < -0.39 is 0 Å². The van der Waals surface area contributed by atoms with Gasteiger partial charge in [-0.3, -0.25) is 0 Å². The van der Waals surface area contributed by atoms with Gasteiger partial charge in [0.15, 0.2) is 4.98 Å². The lowest BCUT2D eigenvalue weighted by Gasteiger charge is -2.01. The maximum absolute atomic E-state index is 8.56. The first-order valence-corrected chi connectivity index (χ1v) is 7.43. The van der Waals surface area contributed by atoms with Crippen LogP contribution in [0.15, 0.2) is 29.2 Å². The highest BCUT2D eigenvalue weighted by molar-refractivity contribution is 7.99. The van der Waals surface area contributed by atoms with Crippen molar-refractivity contribution in [3.05, 3.63) is 29.2 Å². The van der Waals surface area contributed by atoms with Crippen molar-refractivity contribution in [3.8, 4) is 0 Å². The van der Waals surface area contributed by atoms with E-state index in [1.165, 1.54) is 49.2 Å². The van der Waals surface area contributed by atoms with E-state index in [4.69, 9.17) is 5.39 Å². The van der Waals surface area contributed by atoms with Gasteiger partial charge in [0.1, 0.15) is 0 Å². The fourth-order valence-corrected chi connectivity index (χ4v) is 2.59. The van der Waals surface area contributed by atoms with E-state index in [-0.39, 0.29) is 0 Å². The summed E-state index contributed by atoms with van der Waals surface area (Å²) >= 11 is 1.88. The molecule has 0 aliphatic carbocycles. The predicted molar refractivity (Wildman–Crippen MR) is 75.3 cm³/mol. The summed E-state index contributed by atoms with van der Waals surface area (Å²) in [5, 5.41) is 8.56. The molecule has 92 valence electrons. The minimum absolute atomic E-state index is 0.619. The summed E-state index contributed by atoms with van der Waals surface area (Å²) in [6.45, 7) is 2.25. The largest absolute Gasteiger partial charge is 0.385 e. The van der Waals surface area contributed by atoms with E-state index >= 15 is 0 Å². The van der Waals surface area contributed by atoms with Crippen molar-refractivity contribution in [3.63, 3.8) is 0 Å². The summed E-state index contributed by atoms with van der Waals surface area (Å²) in [7, 11) is 0. The zero-order valence-corrected chi connectivity index (χ0v) is 11.4. The first kappa shape index (κ1) is 14.1. The Morgan fingerprint density at radius 1 is 1.00 bits per heavy atom. The second-order valence-electron chi connectivity index (χ2n) is 4.21. The third-order valence-electron chi connectivity index (χ3n) is 2.72. The average molecular weight is 249 g/mol. The van der Waals surface area contributed by atoms with E-state index in [1.54, 1.807) is 0 Å². The van der Waals surface area contributed by atoms with Gasteiger partial charge in [-0.05, 0) is 24.3 Å². The average Bonchev–Trinajstić information content (AvgIpc) is 2.38. The molecule has 1 aromatic rings. The Morgan fingerprint density at radius 3 is 2.29 bits per heavy atom. The van der Waals surface area contributed by atoms with Gasteiger partial charge < -0.3 is 0 Å². The molecule has 0 aromatic heterocycles. The van der Waals surface area contributed by atoms with Gasteiger partial charge in [0.05, 0.1) is 0 Å². The van der Waals surface area contributed by atoms with Gasteiger partial charge in [0.25, 0.3) is 0 Å². The lowest BCUT2D eigenvalue weighted by molar-refractivity contribution is 0.627. The standard InChI is InChI=1S/C14H21N2S/c1-2-3-4-5-6-7-12-17-14-10-8-13(16-15)9-11-14/h8-11H,2-7,12H2,1H3/q+1. The van der Waals surface area contributed by atoms with Crippen LogP contribution in [0.5, 0.6) is 0 Å². The summed E-state index contributed by atoms with van der Waals surface area (Å²) in [5.41, 5.74) is 0.619. The van der Waals surface area contributed by atoms with E-state index in [2.05, 4.69) is 11.9 Å². The van der Waals surface area contributed by atoms with Crippen LogP contribution in [-0.2, 0) is 0 Å². The zero-order valence-electron chi connectivity index (χ0n) is 10.6. The third-order valence-corrected chi connectivity index (χ3v) is 3.82. The van der Waals surface area contributed by atoms with Crippen molar-refractivity contribution in [1.29, 1.82) is 5.39 Å². The molecule has 0 aliphatic rings. The Hall–Kier alpha value is -1.01. The van der Waals surface area contributed by atoms with Crippen molar-refractivity contribution in [2.75, 3.05) is 5.75 Å². The highest BCUT2D eigenvalue weighted by Crippen LogP contribution is 2.22. The fraction of sp³-hybridized carbons (Fsp3) is 0.571. The van der Waals surface area contributed by atoms with E-state index in [1.807, 2.05) is 36.0 Å². The molecular weight excluding hydrogens is 228 g/mol. The van der Waals surface area contributed by atoms with Crippen molar-refractivity contribution in [2.24, 2.45) is 0 Å². The lowest BCUT2D eigenvalue weighted by atomic mass is 10.1. The molecule has 0 unspecified atom stereocenters. The number of unbranched alkanes of at least 4 members (excludes halogenated alkanes) is 5. The first-order valence-electron chi connectivity index (χ1n) is 6.44. The number of hydrogen-bond acceptors (Lipinski definition) is 2. The smallest absolute Gasteiger partial charge is 0.126 e. The van der Waals surface area contributed by atoms with Crippen LogP contribution in [0.25, 0.3) is 4.98 Å². The van der Waals surface area contributed by atoms with Gasteiger partial charge in [-0.15, -0.1) is 11.8 Å². The van der Waals surface area contributed by atoms with E-state index in [0.717, 1.165) is 0 Å². The highest BCUT2D eigenvalue weighted by Gasteiger charge is 2.02. The molecule has 0 atom stereocenters. The van der Waals surface area contributed by atoms with Crippen LogP contribution in [0.1, 0.15) is 45.4 Å². The molecular formula is C14H21N2S+. The first-order chi connectivity index (χ1) is 8.36. The van der Waals surface area contributed by atoms with Crippen LogP contribution in [0.4, 0.5) is 5.69 Å². The maximum Gasteiger partial charge on any atom is 0.385 e. The molecule has 3 heteroatoms. The van der Waals surface area contributed by atoms with Gasteiger partial charge in [0, 0.05) is 17.0 Å². The van der Waals surface area contributed by atoms with E-state index in [9.17, 15) is 0 Å². The molecule has 0 heterocycles. The molecule has 0 spiro atoms. The van der Waals surface area contributed by atoms with Gasteiger partial charge >= 0.3 is 5.69 Å². The van der Waals surface area contributed by atoms with Gasteiger partial charge in [-0.1, -0.05) is 39.0 Å². The zero-order chi connectivity index (χ0) is 12.3. The SMILES string of the molecule is CCCCCCCCSc1ccc([N+]#N)cc1. The number of hydrogen-bond donors (Lipinski definition) is 0. The molecule has 0 bridgehead atoms. The summed E-state index contributed by atoms with van der Waals surface area (Å²) in [5.74, 6) is 1.18. The quantitative estimate of drug-likeness (QED) is 0.339. The van der Waals surface area contributed by atoms with Crippen LogP contribution in [0.3, 0.4) is 0 Å². The van der Waals surface area contributed by atoms with Crippen LogP contribution >= 0.6 is 11.8 Å². The van der Waals surface area contributed by atoms with Crippen molar-refractivity contribution < 1.29 is 0 Å². The molecule has 0 N–H and O–H groups in total. The van der Waals surface area contributed by atoms with Crippen LogP contribution in [0.2, 0.25) is 0 Å². The second-order valence-corrected chi connectivity index (χ2v) is 5.38. The Bertz CT molecular complexity index is 340. The van der Waals surface area contributed by atoms with E-state index in [0.29, 0.717) is 5.69 Å². The normalized spacial score (nSPS) is 10.1. The van der Waals surface area contributed by atoms with Gasteiger partial charge in [-0.2, -0.15) is 0 Å². The molecule has 2 nitrogen and oxygen atoms in total. The van der Waals surface area contributed by atoms with Crippen LogP contribution in [-0.4, -0.2) is 5.75 Å². The monoisotopic (exact) mass is 249 g/mol. The minimum Gasteiger partial charge on any atom is -0.126 e. The minimum atomic E-state index is 0.619. The molecule has 0 amide bonds. The predicted octanol–water partition coefficient (Wildman–Crippen LogP) is 5.62. The highest BCUT2D eigenvalue weighted by atomic mass is 32.2. The Balaban J connectivity index is 2.08. The summed E-state index contributed by atoms with van der Waals surface area (Å²) in [4.78, 5) is 4.40. The fourth-order valence-electron chi connectivity index (χ4n) is 1.68. The van der Waals surface area contributed by atoms with Crippen molar-refractivity contribution >= 4 is 17.4 Å². The van der Waals surface area contributed by atoms with Crippen LogP contribution in [0, 0.1) is 5.39 Å². The molecule has 1 aromatic carbocycles. The van der Waals surface area contributed by atoms with Gasteiger partial charge in [-0.25, -0.2) is 0 Å². The number of rotatable bonds is 8. The Morgan fingerprint density at radius 2 is 1.65 bits per heavy atom. The Kier molecular flexibility index (Phi) is 7.49. The molecule has 17 heavy (non-hydrogen) atoms. The molecule has 0 fully saturated rings. The topological polar surface area (TPSA) is 28.1 Å². The van der Waals surface area contributed by atoms with Gasteiger partial charge in [0.2, 0.25) is 5.39 Å². The van der Waals surface area contributed by atoms with Crippen molar-refractivity contribution in [1.82, 2.24) is 0 Å². The maximum atomic E-state index is 8.56. The summed E-state index contributed by atoms with van der Waals surface area (Å²) < 4.78 is 0. The summed E-state index contributed by atoms with van der Waals surface area (Å²) in [6.07, 6.45) is 8.08. The third kappa shape index (κ3) is 6.33. The molecule has 0 saturated carbocycles. The van der Waals surface area contributed by atoms with Crippen LogP contribution < -0.4 is 0 Å². The molecule has 0 saturated heterocycles. The number of nitrogens with zero attached hydrogens (tertiary/aromatic N) is 2. The Labute approximate surface area is 108 Å². The molecule has 0 radical (unpaired) electrons. The number of thioether (sulfide) groups is 1. The molecule has 0 aliphatic heterocycles. The second kappa shape index (κ2) is 9.07. The summed E-state index contributed by atoms with van der Waals surface area (Å²) in [6, 6.07) is 7.70.